The van der Waals surface area contributed by atoms with Gasteiger partial charge in [0.15, 0.2) is 0 Å². The number of nitriles is 1. The lowest BCUT2D eigenvalue weighted by Gasteiger charge is -2.19. The van der Waals surface area contributed by atoms with E-state index in [1.165, 1.54) is 0 Å². The van der Waals surface area contributed by atoms with Crippen molar-refractivity contribution in [2.24, 2.45) is 5.41 Å². The number of hydrogen-bond donors (Lipinski definition) is 0. The first-order chi connectivity index (χ1) is 5.18. The fraction of sp³-hybridized carbons (Fsp3) is 0.700. The molecule has 0 radical (unpaired) electrons. The van der Waals surface area contributed by atoms with E-state index < -0.39 is 0 Å². The molecular formula is C10H17N. The highest BCUT2D eigenvalue weighted by Crippen LogP contribution is 2.27. The zero-order valence-corrected chi connectivity index (χ0v) is 7.56. The fourth-order valence-corrected chi connectivity index (χ4v) is 1.21. The summed E-state index contributed by atoms with van der Waals surface area (Å²) >= 11 is 0. The van der Waals surface area contributed by atoms with Crippen LogP contribution in [0.2, 0.25) is 0 Å². The number of allylic oxidation sites excluding steroid dienone is 1. The lowest BCUT2D eigenvalue weighted by molar-refractivity contribution is 0.372. The molecule has 62 valence electrons. The van der Waals surface area contributed by atoms with E-state index in [9.17, 15) is 0 Å². The zero-order valence-electron chi connectivity index (χ0n) is 7.56. The highest BCUT2D eigenvalue weighted by atomic mass is 14.3. The Bertz CT molecular complexity index is 155. The maximum absolute atomic E-state index is 8.86. The van der Waals surface area contributed by atoms with Crippen molar-refractivity contribution < 1.29 is 0 Å². The lowest BCUT2D eigenvalue weighted by Crippen LogP contribution is -2.12. The first-order valence-corrected chi connectivity index (χ1v) is 4.20. The van der Waals surface area contributed by atoms with E-state index in [2.05, 4.69) is 19.6 Å². The van der Waals surface area contributed by atoms with Gasteiger partial charge >= 0.3 is 0 Å². The highest BCUT2D eigenvalue weighted by Gasteiger charge is 2.20. The molecule has 1 heteroatoms. The van der Waals surface area contributed by atoms with E-state index in [4.69, 9.17) is 5.26 Å². The molecule has 0 saturated heterocycles. The van der Waals surface area contributed by atoms with Gasteiger partial charge in [0, 0.05) is 0 Å². The average Bonchev–Trinajstić information content (AvgIpc) is 2.02. The van der Waals surface area contributed by atoms with Gasteiger partial charge in [-0.2, -0.15) is 5.26 Å². The maximum Gasteiger partial charge on any atom is 0.0686 e. The second-order valence-corrected chi connectivity index (χ2v) is 3.25. The van der Waals surface area contributed by atoms with Crippen LogP contribution in [0.25, 0.3) is 0 Å². The van der Waals surface area contributed by atoms with E-state index in [0.29, 0.717) is 0 Å². The third-order valence-corrected chi connectivity index (χ3v) is 1.97. The van der Waals surface area contributed by atoms with Gasteiger partial charge in [-0.1, -0.05) is 19.4 Å². The molecule has 0 aromatic heterocycles. The Morgan fingerprint density at radius 3 is 2.55 bits per heavy atom. The minimum Gasteiger partial charge on any atom is -0.198 e. The molecule has 11 heavy (non-hydrogen) atoms. The first kappa shape index (κ1) is 10.2. The molecule has 0 aromatic carbocycles. The van der Waals surface area contributed by atoms with Crippen molar-refractivity contribution in [1.82, 2.24) is 0 Å². The van der Waals surface area contributed by atoms with Gasteiger partial charge in [0.05, 0.1) is 11.5 Å². The summed E-state index contributed by atoms with van der Waals surface area (Å²) < 4.78 is 0. The van der Waals surface area contributed by atoms with Crippen LogP contribution < -0.4 is 0 Å². The van der Waals surface area contributed by atoms with Crippen LogP contribution >= 0.6 is 0 Å². The monoisotopic (exact) mass is 151 g/mol. The maximum atomic E-state index is 8.86. The third-order valence-electron chi connectivity index (χ3n) is 1.97. The fourth-order valence-electron chi connectivity index (χ4n) is 1.21. The van der Waals surface area contributed by atoms with Crippen molar-refractivity contribution in [3.05, 3.63) is 12.7 Å². The van der Waals surface area contributed by atoms with Crippen molar-refractivity contribution in [2.45, 2.75) is 39.5 Å². The Labute approximate surface area is 69.7 Å². The van der Waals surface area contributed by atoms with E-state index in [0.717, 1.165) is 25.7 Å². The van der Waals surface area contributed by atoms with Gasteiger partial charge in [0.2, 0.25) is 0 Å². The molecule has 0 aliphatic heterocycles. The number of nitrogens with zero attached hydrogens (tertiary/aromatic N) is 1. The Morgan fingerprint density at radius 2 is 2.18 bits per heavy atom. The van der Waals surface area contributed by atoms with Crippen LogP contribution in [0.5, 0.6) is 0 Å². The molecule has 0 aromatic rings. The first-order valence-electron chi connectivity index (χ1n) is 4.20. The Hall–Kier alpha value is -0.770. The van der Waals surface area contributed by atoms with Gasteiger partial charge < -0.3 is 0 Å². The normalized spacial score (nSPS) is 15.0. The van der Waals surface area contributed by atoms with Crippen molar-refractivity contribution in [3.8, 4) is 6.07 Å². The summed E-state index contributed by atoms with van der Waals surface area (Å²) in [6, 6.07) is 2.37. The summed E-state index contributed by atoms with van der Waals surface area (Å²) in [6.45, 7) is 7.79. The Kier molecular flexibility index (Phi) is 4.61. The molecule has 0 aliphatic carbocycles. The van der Waals surface area contributed by atoms with E-state index in [-0.39, 0.29) is 5.41 Å². The van der Waals surface area contributed by atoms with Crippen LogP contribution in [0.1, 0.15) is 39.5 Å². The van der Waals surface area contributed by atoms with Crippen LogP contribution in [-0.2, 0) is 0 Å². The van der Waals surface area contributed by atoms with Crippen LogP contribution in [0, 0.1) is 16.7 Å². The quantitative estimate of drug-likeness (QED) is 0.553. The van der Waals surface area contributed by atoms with Crippen molar-refractivity contribution >= 4 is 0 Å². The smallest absolute Gasteiger partial charge is 0.0686 e. The molecular weight excluding hydrogens is 134 g/mol. The molecule has 1 atom stereocenters. The van der Waals surface area contributed by atoms with Gasteiger partial charge in [0.1, 0.15) is 0 Å². The van der Waals surface area contributed by atoms with Gasteiger partial charge in [-0.15, -0.1) is 6.58 Å². The standard InChI is InChI=1S/C10H17N/c1-4-6-8-10(3,9-11)7-5-2/h4H,1,5-8H2,2-3H3. The van der Waals surface area contributed by atoms with E-state index in [1.54, 1.807) is 0 Å². The minimum absolute atomic E-state index is 0.122. The Morgan fingerprint density at radius 1 is 1.55 bits per heavy atom. The molecule has 0 heterocycles. The van der Waals surface area contributed by atoms with Gasteiger partial charge in [-0.25, -0.2) is 0 Å². The Balaban J connectivity index is 3.90. The molecule has 1 unspecified atom stereocenters. The van der Waals surface area contributed by atoms with Crippen molar-refractivity contribution in [3.63, 3.8) is 0 Å². The molecule has 0 N–H and O–H groups in total. The highest BCUT2D eigenvalue weighted by molar-refractivity contribution is 4.96. The summed E-state index contributed by atoms with van der Waals surface area (Å²) in [4.78, 5) is 0. The summed E-state index contributed by atoms with van der Waals surface area (Å²) in [5.74, 6) is 0. The molecule has 0 fully saturated rings. The molecule has 0 saturated carbocycles. The van der Waals surface area contributed by atoms with Gasteiger partial charge in [0.25, 0.3) is 0 Å². The molecule has 0 amide bonds. The second kappa shape index (κ2) is 4.96. The zero-order chi connectivity index (χ0) is 8.74. The number of rotatable bonds is 5. The SMILES string of the molecule is C=CCCC(C)(C#N)CCC. The summed E-state index contributed by atoms with van der Waals surface area (Å²) in [5, 5.41) is 8.86. The topological polar surface area (TPSA) is 23.8 Å². The van der Waals surface area contributed by atoms with Gasteiger partial charge in [-0.3, -0.25) is 0 Å². The predicted octanol–water partition coefficient (Wildman–Crippen LogP) is 3.28. The van der Waals surface area contributed by atoms with Gasteiger partial charge in [-0.05, 0) is 26.2 Å². The summed E-state index contributed by atoms with van der Waals surface area (Å²) in [6.07, 6.45) is 5.86. The van der Waals surface area contributed by atoms with E-state index >= 15 is 0 Å². The predicted molar refractivity (Wildman–Crippen MR) is 48.1 cm³/mol. The summed E-state index contributed by atoms with van der Waals surface area (Å²) in [5.41, 5.74) is -0.122. The number of hydrogen-bond acceptors (Lipinski definition) is 1. The van der Waals surface area contributed by atoms with Crippen LogP contribution in [-0.4, -0.2) is 0 Å². The largest absolute Gasteiger partial charge is 0.198 e. The molecule has 0 spiro atoms. The summed E-state index contributed by atoms with van der Waals surface area (Å²) in [7, 11) is 0. The molecule has 0 aliphatic rings. The van der Waals surface area contributed by atoms with Crippen molar-refractivity contribution in [2.75, 3.05) is 0 Å². The minimum atomic E-state index is -0.122. The average molecular weight is 151 g/mol. The lowest BCUT2D eigenvalue weighted by atomic mass is 9.83. The van der Waals surface area contributed by atoms with Crippen LogP contribution in [0.3, 0.4) is 0 Å². The third kappa shape index (κ3) is 3.83. The molecule has 1 nitrogen and oxygen atoms in total. The van der Waals surface area contributed by atoms with Crippen molar-refractivity contribution in [1.29, 1.82) is 5.26 Å². The van der Waals surface area contributed by atoms with Crippen LogP contribution in [0.4, 0.5) is 0 Å². The van der Waals surface area contributed by atoms with Crippen LogP contribution in [0.15, 0.2) is 12.7 Å². The second-order valence-electron chi connectivity index (χ2n) is 3.25. The van der Waals surface area contributed by atoms with E-state index in [1.807, 2.05) is 13.0 Å². The molecule has 0 rings (SSSR count). The molecule has 0 bridgehead atoms.